The molecule has 1 fully saturated rings. The van der Waals surface area contributed by atoms with Gasteiger partial charge in [-0.3, -0.25) is 4.79 Å². The number of ether oxygens (including phenoxy) is 1. The van der Waals surface area contributed by atoms with Crippen molar-refractivity contribution in [3.05, 3.63) is 47.4 Å². The minimum absolute atomic E-state index is 0.223. The van der Waals surface area contributed by atoms with E-state index in [0.29, 0.717) is 13.2 Å². The average molecular weight is 355 g/mol. The number of nitrogens with zero attached hydrogens (tertiary/aromatic N) is 4. The quantitative estimate of drug-likeness (QED) is 0.726. The number of aryl methyl sites for hydroxylation is 2. The number of hydrogen-bond donors (Lipinski definition) is 2. The summed E-state index contributed by atoms with van der Waals surface area (Å²) >= 11 is 0. The van der Waals surface area contributed by atoms with Gasteiger partial charge in [-0.05, 0) is 18.6 Å². The van der Waals surface area contributed by atoms with Crippen molar-refractivity contribution >= 4 is 16.8 Å². The van der Waals surface area contributed by atoms with Gasteiger partial charge in [0.1, 0.15) is 12.1 Å². The van der Waals surface area contributed by atoms with E-state index in [9.17, 15) is 9.90 Å². The van der Waals surface area contributed by atoms with Crippen LogP contribution in [0.5, 0.6) is 0 Å². The fourth-order valence-corrected chi connectivity index (χ4v) is 3.47. The molecule has 0 saturated carbocycles. The Labute approximate surface area is 150 Å². The topological polar surface area (TPSA) is 94.2 Å². The van der Waals surface area contributed by atoms with Gasteiger partial charge in [0.25, 0.3) is 5.91 Å². The number of para-hydroxylation sites is 1. The average Bonchev–Trinajstić information content (AvgIpc) is 3.34. The van der Waals surface area contributed by atoms with Gasteiger partial charge in [0, 0.05) is 23.6 Å². The number of aromatic nitrogens is 4. The molecule has 8 heteroatoms. The maximum atomic E-state index is 12.4. The van der Waals surface area contributed by atoms with E-state index in [-0.39, 0.29) is 24.2 Å². The summed E-state index contributed by atoms with van der Waals surface area (Å²) in [4.78, 5) is 12.4. The Balaban J connectivity index is 1.49. The van der Waals surface area contributed by atoms with Gasteiger partial charge >= 0.3 is 0 Å². The van der Waals surface area contributed by atoms with Crippen LogP contribution in [-0.4, -0.2) is 49.9 Å². The van der Waals surface area contributed by atoms with Crippen molar-refractivity contribution in [3.63, 3.8) is 0 Å². The van der Waals surface area contributed by atoms with E-state index in [1.54, 1.807) is 6.20 Å². The van der Waals surface area contributed by atoms with Gasteiger partial charge in [-0.15, -0.1) is 5.10 Å². The zero-order chi connectivity index (χ0) is 18.3. The summed E-state index contributed by atoms with van der Waals surface area (Å²) in [6.07, 6.45) is 0.915. The fraction of sp³-hybridized carbons (Fsp3) is 0.389. The number of fused-ring (bicyclic) bond motifs is 1. The van der Waals surface area contributed by atoms with E-state index < -0.39 is 6.10 Å². The largest absolute Gasteiger partial charge is 0.388 e. The minimum Gasteiger partial charge on any atom is -0.388 e. The van der Waals surface area contributed by atoms with Gasteiger partial charge in [0.2, 0.25) is 0 Å². The van der Waals surface area contributed by atoms with Gasteiger partial charge in [-0.25, -0.2) is 4.68 Å². The second kappa shape index (κ2) is 6.54. The molecule has 136 valence electrons. The van der Waals surface area contributed by atoms with Crippen LogP contribution in [-0.2, 0) is 18.3 Å². The van der Waals surface area contributed by atoms with Crippen molar-refractivity contribution in [2.45, 2.75) is 25.6 Å². The van der Waals surface area contributed by atoms with Crippen molar-refractivity contribution in [3.8, 4) is 0 Å². The highest BCUT2D eigenvalue weighted by Crippen LogP contribution is 2.24. The number of benzene rings is 1. The molecule has 3 aromatic rings. The molecule has 1 aliphatic heterocycles. The summed E-state index contributed by atoms with van der Waals surface area (Å²) in [5, 5.41) is 21.8. The summed E-state index contributed by atoms with van der Waals surface area (Å²) in [7, 11) is 1.99. The van der Waals surface area contributed by atoms with E-state index in [1.165, 1.54) is 10.1 Å². The molecule has 0 unspecified atom stereocenters. The SMILES string of the molecule is Cc1c(CNC(=O)c2cn([C@@H]3COC[C@H]3O)nn2)n(C)c2ccccc12. The first-order valence-corrected chi connectivity index (χ1v) is 8.55. The first kappa shape index (κ1) is 16.7. The molecule has 0 spiro atoms. The first-order valence-electron chi connectivity index (χ1n) is 8.55. The molecule has 1 amide bonds. The van der Waals surface area contributed by atoms with Gasteiger partial charge in [-0.2, -0.15) is 0 Å². The Hall–Kier alpha value is -2.71. The highest BCUT2D eigenvalue weighted by Gasteiger charge is 2.29. The lowest BCUT2D eigenvalue weighted by Gasteiger charge is -2.11. The summed E-state index contributed by atoms with van der Waals surface area (Å²) < 4.78 is 8.80. The highest BCUT2D eigenvalue weighted by atomic mass is 16.5. The number of hydrogen-bond acceptors (Lipinski definition) is 5. The summed E-state index contributed by atoms with van der Waals surface area (Å²) in [5.74, 6) is -0.297. The number of nitrogens with one attached hydrogen (secondary N) is 1. The van der Waals surface area contributed by atoms with E-state index in [4.69, 9.17) is 4.74 Å². The number of carbonyl (C=O) groups is 1. The fourth-order valence-electron chi connectivity index (χ4n) is 3.47. The molecule has 2 atom stereocenters. The number of rotatable bonds is 4. The lowest BCUT2D eigenvalue weighted by atomic mass is 10.1. The number of aliphatic hydroxyl groups excluding tert-OH is 1. The predicted octanol–water partition coefficient (Wildman–Crippen LogP) is 0.940. The Bertz CT molecular complexity index is 922. The van der Waals surface area contributed by atoms with E-state index in [0.717, 1.165) is 16.8 Å². The Morgan fingerprint density at radius 2 is 2.19 bits per heavy atom. The molecule has 1 saturated heterocycles. The molecule has 1 aromatic carbocycles. The molecule has 8 nitrogen and oxygen atoms in total. The molecular weight excluding hydrogens is 334 g/mol. The summed E-state index contributed by atoms with van der Waals surface area (Å²) in [5.41, 5.74) is 3.56. The minimum atomic E-state index is -0.633. The van der Waals surface area contributed by atoms with Crippen LogP contribution in [0.4, 0.5) is 0 Å². The third-order valence-corrected chi connectivity index (χ3v) is 5.03. The molecule has 26 heavy (non-hydrogen) atoms. The van der Waals surface area contributed by atoms with Gasteiger partial charge < -0.3 is 19.7 Å². The van der Waals surface area contributed by atoms with Crippen LogP contribution in [0.2, 0.25) is 0 Å². The highest BCUT2D eigenvalue weighted by molar-refractivity contribution is 5.92. The molecular formula is C18H21N5O3. The number of carbonyl (C=O) groups excluding carboxylic acids is 1. The zero-order valence-electron chi connectivity index (χ0n) is 14.7. The monoisotopic (exact) mass is 355 g/mol. The van der Waals surface area contributed by atoms with Gasteiger partial charge in [0.05, 0.1) is 26.0 Å². The third kappa shape index (κ3) is 2.77. The molecule has 4 rings (SSSR count). The van der Waals surface area contributed by atoms with E-state index in [1.807, 2.05) is 19.2 Å². The van der Waals surface area contributed by atoms with Crippen LogP contribution in [0.15, 0.2) is 30.5 Å². The smallest absolute Gasteiger partial charge is 0.273 e. The Morgan fingerprint density at radius 3 is 2.92 bits per heavy atom. The Kier molecular flexibility index (Phi) is 4.21. The molecule has 0 aliphatic carbocycles. The number of amides is 1. The lowest BCUT2D eigenvalue weighted by molar-refractivity contribution is 0.0944. The maximum absolute atomic E-state index is 12.4. The van der Waals surface area contributed by atoms with Crippen LogP contribution in [0.25, 0.3) is 10.9 Å². The van der Waals surface area contributed by atoms with Crippen molar-refractivity contribution < 1.29 is 14.6 Å². The standard InChI is InChI=1S/C18H21N5O3/c1-11-12-5-3-4-6-14(12)22(2)15(11)7-19-18(25)13-8-23(21-20-13)16-9-26-10-17(16)24/h3-6,8,16-17,24H,7,9-10H2,1-2H3,(H,19,25)/t16-,17-/m1/s1. The second-order valence-electron chi connectivity index (χ2n) is 6.59. The third-order valence-electron chi connectivity index (χ3n) is 5.03. The van der Waals surface area contributed by atoms with Crippen LogP contribution < -0.4 is 5.32 Å². The van der Waals surface area contributed by atoms with Crippen LogP contribution >= 0.6 is 0 Å². The van der Waals surface area contributed by atoms with Crippen LogP contribution in [0, 0.1) is 6.92 Å². The van der Waals surface area contributed by atoms with Crippen molar-refractivity contribution in [2.75, 3.05) is 13.2 Å². The maximum Gasteiger partial charge on any atom is 0.273 e. The van der Waals surface area contributed by atoms with Crippen LogP contribution in [0.1, 0.15) is 27.8 Å². The molecule has 0 radical (unpaired) electrons. The van der Waals surface area contributed by atoms with Gasteiger partial charge in [-0.1, -0.05) is 23.4 Å². The van der Waals surface area contributed by atoms with Crippen LogP contribution in [0.3, 0.4) is 0 Å². The molecule has 0 bridgehead atoms. The van der Waals surface area contributed by atoms with Crippen molar-refractivity contribution in [2.24, 2.45) is 7.05 Å². The van der Waals surface area contributed by atoms with E-state index in [2.05, 4.69) is 39.3 Å². The first-order chi connectivity index (χ1) is 12.6. The summed E-state index contributed by atoms with van der Waals surface area (Å²) in [6.45, 7) is 3.09. The van der Waals surface area contributed by atoms with Crippen molar-refractivity contribution in [1.29, 1.82) is 0 Å². The predicted molar refractivity (Wildman–Crippen MR) is 94.7 cm³/mol. The second-order valence-corrected chi connectivity index (χ2v) is 6.59. The number of aliphatic hydroxyl groups is 1. The molecule has 2 N–H and O–H groups in total. The lowest BCUT2D eigenvalue weighted by Crippen LogP contribution is -2.25. The van der Waals surface area contributed by atoms with E-state index >= 15 is 0 Å². The van der Waals surface area contributed by atoms with Gasteiger partial charge in [0.15, 0.2) is 5.69 Å². The zero-order valence-corrected chi connectivity index (χ0v) is 14.7. The molecule has 2 aromatic heterocycles. The molecule has 1 aliphatic rings. The normalized spacial score (nSPS) is 20.0. The Morgan fingerprint density at radius 1 is 1.38 bits per heavy atom. The molecule has 3 heterocycles. The summed E-state index contributed by atoms with van der Waals surface area (Å²) in [6, 6.07) is 7.86. The van der Waals surface area contributed by atoms with Crippen molar-refractivity contribution in [1.82, 2.24) is 24.9 Å².